The van der Waals surface area contributed by atoms with E-state index in [1.165, 1.54) is 37.4 Å². The number of carbonyl (C=O) groups excluding carboxylic acids is 2. The number of nitrogens with one attached hydrogen (secondary N) is 1. The van der Waals surface area contributed by atoms with Crippen LogP contribution in [0.1, 0.15) is 10.4 Å². The molecule has 0 fully saturated rings. The Labute approximate surface area is 141 Å². The second kappa shape index (κ2) is 7.65. The molecule has 2 aromatic rings. The molecule has 126 valence electrons. The van der Waals surface area contributed by atoms with Gasteiger partial charge < -0.3 is 19.9 Å². The van der Waals surface area contributed by atoms with Crippen LogP contribution >= 0.6 is 11.6 Å². The second-order valence-electron chi connectivity index (χ2n) is 4.63. The highest BCUT2D eigenvalue weighted by molar-refractivity contribution is 6.30. The quantitative estimate of drug-likeness (QED) is 0.807. The number of aromatic hydroxyl groups is 1. The average molecular weight is 354 g/mol. The van der Waals surface area contributed by atoms with Crippen molar-refractivity contribution in [2.45, 2.75) is 0 Å². The molecule has 0 atom stereocenters. The summed E-state index contributed by atoms with van der Waals surface area (Å²) in [4.78, 5) is 23.6. The van der Waals surface area contributed by atoms with E-state index in [1.807, 2.05) is 0 Å². The van der Waals surface area contributed by atoms with Crippen molar-refractivity contribution in [2.24, 2.45) is 0 Å². The molecule has 0 radical (unpaired) electrons. The Morgan fingerprint density at radius 3 is 2.67 bits per heavy atom. The third kappa shape index (κ3) is 4.36. The monoisotopic (exact) mass is 353 g/mol. The molecule has 0 heterocycles. The molecule has 1 amide bonds. The summed E-state index contributed by atoms with van der Waals surface area (Å²) in [6.07, 6.45) is 0. The number of carbonyl (C=O) groups is 2. The molecule has 0 aliphatic rings. The third-order valence-corrected chi connectivity index (χ3v) is 3.20. The first-order valence-electron chi connectivity index (χ1n) is 6.69. The molecule has 2 rings (SSSR count). The van der Waals surface area contributed by atoms with Crippen molar-refractivity contribution in [1.29, 1.82) is 0 Å². The van der Waals surface area contributed by atoms with Gasteiger partial charge in [0.15, 0.2) is 6.61 Å². The van der Waals surface area contributed by atoms with Crippen LogP contribution in [0.15, 0.2) is 36.4 Å². The molecule has 0 spiro atoms. The molecule has 0 aromatic heterocycles. The van der Waals surface area contributed by atoms with E-state index >= 15 is 0 Å². The van der Waals surface area contributed by atoms with E-state index in [0.29, 0.717) is 5.75 Å². The van der Waals surface area contributed by atoms with Crippen LogP contribution in [0.3, 0.4) is 0 Å². The van der Waals surface area contributed by atoms with Crippen LogP contribution in [0.4, 0.5) is 10.1 Å². The predicted molar refractivity (Wildman–Crippen MR) is 85.0 cm³/mol. The highest BCUT2D eigenvalue weighted by Gasteiger charge is 2.16. The SMILES string of the molecule is COc1ccc(C(=O)OCC(=O)Nc2cc(Cl)ccc2F)c(O)c1. The first-order chi connectivity index (χ1) is 11.4. The zero-order valence-corrected chi connectivity index (χ0v) is 13.3. The van der Waals surface area contributed by atoms with Crippen molar-refractivity contribution in [2.75, 3.05) is 19.0 Å². The lowest BCUT2D eigenvalue weighted by Crippen LogP contribution is -2.21. The number of phenols is 1. The first kappa shape index (κ1) is 17.6. The van der Waals surface area contributed by atoms with E-state index in [-0.39, 0.29) is 22.0 Å². The Morgan fingerprint density at radius 1 is 1.25 bits per heavy atom. The smallest absolute Gasteiger partial charge is 0.342 e. The summed E-state index contributed by atoms with van der Waals surface area (Å²) in [6, 6.07) is 7.64. The number of hydrogen-bond donors (Lipinski definition) is 2. The normalized spacial score (nSPS) is 10.1. The summed E-state index contributed by atoms with van der Waals surface area (Å²) in [7, 11) is 1.41. The minimum Gasteiger partial charge on any atom is -0.507 e. The van der Waals surface area contributed by atoms with E-state index < -0.39 is 24.3 Å². The molecular formula is C16H13ClFNO5. The Bertz CT molecular complexity index is 781. The molecule has 8 heteroatoms. The van der Waals surface area contributed by atoms with Crippen LogP contribution in [0.2, 0.25) is 5.02 Å². The Balaban J connectivity index is 1.96. The second-order valence-corrected chi connectivity index (χ2v) is 5.07. The number of phenolic OH excluding ortho intramolecular Hbond substituents is 1. The Hall–Kier alpha value is -2.80. The Morgan fingerprint density at radius 2 is 2.00 bits per heavy atom. The van der Waals surface area contributed by atoms with Gasteiger partial charge in [-0.2, -0.15) is 0 Å². The molecule has 0 bridgehead atoms. The van der Waals surface area contributed by atoms with Gasteiger partial charge in [-0.3, -0.25) is 4.79 Å². The maximum atomic E-state index is 13.5. The highest BCUT2D eigenvalue weighted by atomic mass is 35.5. The zero-order valence-electron chi connectivity index (χ0n) is 12.5. The highest BCUT2D eigenvalue weighted by Crippen LogP contribution is 2.24. The van der Waals surface area contributed by atoms with Crippen LogP contribution in [0.25, 0.3) is 0 Å². The van der Waals surface area contributed by atoms with Crippen LogP contribution in [0.5, 0.6) is 11.5 Å². The van der Waals surface area contributed by atoms with Gasteiger partial charge in [-0.25, -0.2) is 9.18 Å². The van der Waals surface area contributed by atoms with Crippen molar-refractivity contribution in [3.05, 3.63) is 52.8 Å². The molecule has 6 nitrogen and oxygen atoms in total. The number of esters is 1. The molecule has 0 saturated heterocycles. The van der Waals surface area contributed by atoms with Gasteiger partial charge >= 0.3 is 5.97 Å². The zero-order chi connectivity index (χ0) is 17.7. The molecule has 2 N–H and O–H groups in total. The van der Waals surface area contributed by atoms with E-state index in [0.717, 1.165) is 6.07 Å². The van der Waals surface area contributed by atoms with Crippen LogP contribution in [-0.2, 0) is 9.53 Å². The minimum absolute atomic E-state index is 0.127. The van der Waals surface area contributed by atoms with Crippen molar-refractivity contribution in [1.82, 2.24) is 0 Å². The fraction of sp³-hybridized carbons (Fsp3) is 0.125. The largest absolute Gasteiger partial charge is 0.507 e. The number of methoxy groups -OCH3 is 1. The summed E-state index contributed by atoms with van der Waals surface area (Å²) in [5.41, 5.74) is -0.256. The lowest BCUT2D eigenvalue weighted by Gasteiger charge is -2.09. The molecule has 0 aliphatic carbocycles. The predicted octanol–water partition coefficient (Wildman–Crippen LogP) is 2.99. The summed E-state index contributed by atoms with van der Waals surface area (Å²) >= 11 is 5.71. The molecular weight excluding hydrogens is 341 g/mol. The van der Waals surface area contributed by atoms with Gasteiger partial charge in [0.1, 0.15) is 22.9 Å². The van der Waals surface area contributed by atoms with E-state index in [1.54, 1.807) is 0 Å². The van der Waals surface area contributed by atoms with Crippen LogP contribution in [-0.4, -0.2) is 30.7 Å². The molecule has 24 heavy (non-hydrogen) atoms. The lowest BCUT2D eigenvalue weighted by atomic mass is 10.2. The summed E-state index contributed by atoms with van der Waals surface area (Å²) in [5, 5.41) is 12.2. The number of rotatable bonds is 5. The van der Waals surface area contributed by atoms with Crippen molar-refractivity contribution < 1.29 is 28.6 Å². The van der Waals surface area contributed by atoms with Gasteiger partial charge in [-0.15, -0.1) is 0 Å². The molecule has 0 unspecified atom stereocenters. The van der Waals surface area contributed by atoms with E-state index in [4.69, 9.17) is 21.1 Å². The van der Waals surface area contributed by atoms with Crippen molar-refractivity contribution in [3.8, 4) is 11.5 Å². The fourth-order valence-corrected chi connectivity index (χ4v) is 1.97. The first-order valence-corrected chi connectivity index (χ1v) is 7.07. The third-order valence-electron chi connectivity index (χ3n) is 2.96. The summed E-state index contributed by atoms with van der Waals surface area (Å²) < 4.78 is 23.2. The number of anilines is 1. The Kier molecular flexibility index (Phi) is 5.59. The van der Waals surface area contributed by atoms with Gasteiger partial charge in [0, 0.05) is 11.1 Å². The minimum atomic E-state index is -0.906. The number of benzene rings is 2. The van der Waals surface area contributed by atoms with Gasteiger partial charge in [-0.05, 0) is 30.3 Å². The van der Waals surface area contributed by atoms with Gasteiger partial charge in [-0.1, -0.05) is 11.6 Å². The summed E-state index contributed by atoms with van der Waals surface area (Å²) in [5.74, 6) is -2.32. The molecule has 0 aliphatic heterocycles. The molecule has 2 aromatic carbocycles. The van der Waals surface area contributed by atoms with E-state index in [2.05, 4.69) is 5.32 Å². The van der Waals surface area contributed by atoms with Gasteiger partial charge in [0.25, 0.3) is 5.91 Å². The number of amides is 1. The fourth-order valence-electron chi connectivity index (χ4n) is 1.80. The van der Waals surface area contributed by atoms with Crippen molar-refractivity contribution >= 4 is 29.2 Å². The van der Waals surface area contributed by atoms with Crippen molar-refractivity contribution in [3.63, 3.8) is 0 Å². The summed E-state index contributed by atoms with van der Waals surface area (Å²) in [6.45, 7) is -0.656. The maximum absolute atomic E-state index is 13.5. The molecule has 0 saturated carbocycles. The van der Waals surface area contributed by atoms with Crippen LogP contribution < -0.4 is 10.1 Å². The van der Waals surface area contributed by atoms with Gasteiger partial charge in [0.05, 0.1) is 12.8 Å². The number of halogens is 2. The topological polar surface area (TPSA) is 84.9 Å². The number of hydrogen-bond acceptors (Lipinski definition) is 5. The lowest BCUT2D eigenvalue weighted by molar-refractivity contribution is -0.119. The average Bonchev–Trinajstić information content (AvgIpc) is 2.55. The maximum Gasteiger partial charge on any atom is 0.342 e. The van der Waals surface area contributed by atoms with Gasteiger partial charge in [0.2, 0.25) is 0 Å². The van der Waals surface area contributed by atoms with E-state index in [9.17, 15) is 19.1 Å². The number of ether oxygens (including phenoxy) is 2. The standard InChI is InChI=1S/C16H13ClFNO5/c1-23-10-3-4-11(14(20)7-10)16(22)24-8-15(21)19-13-6-9(17)2-5-12(13)18/h2-7,20H,8H2,1H3,(H,19,21). The van der Waals surface area contributed by atoms with Crippen LogP contribution in [0, 0.1) is 5.82 Å².